The number of benzene rings is 1. The van der Waals surface area contributed by atoms with E-state index in [0.717, 1.165) is 19.4 Å². The van der Waals surface area contributed by atoms with Crippen LogP contribution in [0.1, 0.15) is 61.2 Å². The van der Waals surface area contributed by atoms with Crippen LogP contribution < -0.4 is 4.90 Å². The van der Waals surface area contributed by atoms with Crippen LogP contribution in [0.3, 0.4) is 0 Å². The quantitative estimate of drug-likeness (QED) is 0.332. The number of sulfone groups is 1. The van der Waals surface area contributed by atoms with Gasteiger partial charge in [0.15, 0.2) is 21.3 Å². The molecule has 0 radical (unpaired) electrons. The first kappa shape index (κ1) is 27.5. The third kappa shape index (κ3) is 5.08. The average Bonchev–Trinajstić information content (AvgIpc) is 3.17. The second-order valence-electron chi connectivity index (χ2n) is 9.49. The highest BCUT2D eigenvalue weighted by Gasteiger charge is 2.40. The first-order chi connectivity index (χ1) is 17.6. The molecule has 1 aromatic carbocycles. The molecule has 0 saturated heterocycles. The Morgan fingerprint density at radius 3 is 2.39 bits per heavy atom. The molecule has 14 heteroatoms. The molecule has 0 fully saturated rings. The monoisotopic (exact) mass is 553 g/mol. The van der Waals surface area contributed by atoms with Crippen molar-refractivity contribution in [3.63, 3.8) is 0 Å². The number of carbonyl (C=O) groups excluding carboxylic acids is 2. The molecule has 4 rings (SSSR count). The van der Waals surface area contributed by atoms with Gasteiger partial charge in [0.25, 0.3) is 0 Å². The molecule has 3 aromatic rings. The number of Topliss-reactive ketones (excluding diaryl/α,β-unsaturated/α-hetero) is 1. The second-order valence-corrected chi connectivity index (χ2v) is 11.5. The van der Waals surface area contributed by atoms with Gasteiger partial charge in [-0.25, -0.2) is 23.4 Å². The Morgan fingerprint density at radius 2 is 1.84 bits per heavy atom. The molecule has 1 atom stereocenters. The Labute approximate surface area is 216 Å². The van der Waals surface area contributed by atoms with Crippen LogP contribution in [0.5, 0.6) is 0 Å². The molecule has 10 nitrogen and oxygen atoms in total. The minimum atomic E-state index is -4.85. The Morgan fingerprint density at radius 1 is 1.16 bits per heavy atom. The summed E-state index contributed by atoms with van der Waals surface area (Å²) in [5.74, 6) is -1.22. The van der Waals surface area contributed by atoms with Crippen molar-refractivity contribution in [2.45, 2.75) is 58.0 Å². The van der Waals surface area contributed by atoms with Crippen molar-refractivity contribution in [2.24, 2.45) is 5.92 Å². The van der Waals surface area contributed by atoms with E-state index < -0.39 is 45.1 Å². The standard InChI is InChI=1S/C24H26F3N5O5S/c1-12(2)20-22-29-17-8-15(11-37-14(4)34)19(38(5,35)36)9-18(17)31(22)6-7-32(20)23-28-10-16(13(3)33)21(30-23)24(25,26)27/h8-10,12,20H,6-7,11H2,1-5H3/t20-/m1/s1. The summed E-state index contributed by atoms with van der Waals surface area (Å²) in [6, 6.07) is 2.47. The van der Waals surface area contributed by atoms with Crippen molar-refractivity contribution in [3.8, 4) is 0 Å². The summed E-state index contributed by atoms with van der Waals surface area (Å²) >= 11 is 0. The summed E-state index contributed by atoms with van der Waals surface area (Å²) in [5, 5.41) is 0. The molecule has 0 aliphatic carbocycles. The summed E-state index contributed by atoms with van der Waals surface area (Å²) < 4.78 is 73.1. The van der Waals surface area contributed by atoms with Crippen molar-refractivity contribution in [1.29, 1.82) is 0 Å². The van der Waals surface area contributed by atoms with Gasteiger partial charge in [-0.2, -0.15) is 13.2 Å². The predicted octanol–water partition coefficient (Wildman–Crippen LogP) is 3.73. The predicted molar refractivity (Wildman–Crippen MR) is 130 cm³/mol. The van der Waals surface area contributed by atoms with Gasteiger partial charge in [0, 0.05) is 38.0 Å². The van der Waals surface area contributed by atoms with Gasteiger partial charge in [-0.1, -0.05) is 13.8 Å². The summed E-state index contributed by atoms with van der Waals surface area (Å²) in [7, 11) is -3.69. The van der Waals surface area contributed by atoms with Crippen molar-refractivity contribution in [2.75, 3.05) is 17.7 Å². The normalized spacial score (nSPS) is 16.1. The number of hydrogen-bond acceptors (Lipinski definition) is 9. The maximum Gasteiger partial charge on any atom is 0.434 e. The number of ether oxygens (including phenoxy) is 1. The molecule has 0 spiro atoms. The molecule has 0 N–H and O–H groups in total. The van der Waals surface area contributed by atoms with Gasteiger partial charge in [-0.3, -0.25) is 9.59 Å². The SMILES string of the molecule is CC(=O)OCc1cc2nc3n(c2cc1S(C)(=O)=O)CCN(c1ncc(C(C)=O)c(C(F)(F)F)n1)[C@@H]3C(C)C. The molecule has 3 heterocycles. The largest absolute Gasteiger partial charge is 0.461 e. The second kappa shape index (κ2) is 9.64. The number of imidazole rings is 1. The third-order valence-corrected chi connectivity index (χ3v) is 7.45. The summed E-state index contributed by atoms with van der Waals surface area (Å²) in [6.07, 6.45) is -2.91. The number of rotatable bonds is 6. The lowest BCUT2D eigenvalue weighted by Gasteiger charge is -2.38. The lowest BCUT2D eigenvalue weighted by molar-refractivity contribution is -0.142. The fourth-order valence-corrected chi connectivity index (χ4v) is 5.59. The molecule has 1 aliphatic heterocycles. The molecule has 0 amide bonds. The van der Waals surface area contributed by atoms with E-state index in [1.165, 1.54) is 13.0 Å². The summed E-state index contributed by atoms with van der Waals surface area (Å²) in [4.78, 5) is 37.3. The molecular weight excluding hydrogens is 527 g/mol. The molecule has 0 unspecified atom stereocenters. The fraction of sp³-hybridized carbons (Fsp3) is 0.458. The molecule has 0 bridgehead atoms. The van der Waals surface area contributed by atoms with Crippen LogP contribution in [0.25, 0.3) is 11.0 Å². The highest BCUT2D eigenvalue weighted by Crippen LogP contribution is 2.39. The van der Waals surface area contributed by atoms with Gasteiger partial charge in [-0.15, -0.1) is 0 Å². The van der Waals surface area contributed by atoms with E-state index in [2.05, 4.69) is 9.97 Å². The molecule has 204 valence electrons. The number of aromatic nitrogens is 4. The van der Waals surface area contributed by atoms with E-state index in [1.807, 2.05) is 18.4 Å². The van der Waals surface area contributed by atoms with Crippen LogP contribution in [0.2, 0.25) is 0 Å². The zero-order valence-electron chi connectivity index (χ0n) is 21.3. The van der Waals surface area contributed by atoms with Gasteiger partial charge in [0.05, 0.1) is 27.5 Å². The number of ketones is 1. The van der Waals surface area contributed by atoms with Crippen LogP contribution in [-0.2, 0) is 38.7 Å². The van der Waals surface area contributed by atoms with Gasteiger partial charge < -0.3 is 14.2 Å². The maximum atomic E-state index is 13.7. The van der Waals surface area contributed by atoms with Gasteiger partial charge >= 0.3 is 12.1 Å². The first-order valence-corrected chi connectivity index (χ1v) is 13.6. The highest BCUT2D eigenvalue weighted by atomic mass is 32.2. The number of carbonyl (C=O) groups is 2. The number of halogens is 3. The topological polar surface area (TPSA) is 124 Å². The summed E-state index contributed by atoms with van der Waals surface area (Å²) in [6.45, 7) is 6.19. The first-order valence-electron chi connectivity index (χ1n) is 11.7. The average molecular weight is 554 g/mol. The number of nitrogens with zero attached hydrogens (tertiary/aromatic N) is 5. The van der Waals surface area contributed by atoms with E-state index in [4.69, 9.17) is 9.72 Å². The lowest BCUT2D eigenvalue weighted by atomic mass is 10.00. The van der Waals surface area contributed by atoms with Crippen molar-refractivity contribution >= 4 is 38.6 Å². The van der Waals surface area contributed by atoms with Crippen molar-refractivity contribution < 1.29 is 35.9 Å². The van der Waals surface area contributed by atoms with Crippen LogP contribution in [0.4, 0.5) is 19.1 Å². The van der Waals surface area contributed by atoms with Crippen LogP contribution in [0, 0.1) is 5.92 Å². The van der Waals surface area contributed by atoms with Crippen molar-refractivity contribution in [3.05, 3.63) is 41.0 Å². The van der Waals surface area contributed by atoms with Gasteiger partial charge in [0.1, 0.15) is 12.4 Å². The molecular formula is C24H26F3N5O5S. The minimum Gasteiger partial charge on any atom is -0.461 e. The lowest BCUT2D eigenvalue weighted by Crippen LogP contribution is -2.42. The number of anilines is 1. The van der Waals surface area contributed by atoms with Crippen LogP contribution >= 0.6 is 0 Å². The van der Waals surface area contributed by atoms with E-state index in [0.29, 0.717) is 16.9 Å². The molecule has 2 aromatic heterocycles. The zero-order chi connectivity index (χ0) is 28.2. The Kier molecular flexibility index (Phi) is 6.97. The van der Waals surface area contributed by atoms with Gasteiger partial charge in [0.2, 0.25) is 5.95 Å². The van der Waals surface area contributed by atoms with E-state index >= 15 is 0 Å². The van der Waals surface area contributed by atoms with Crippen LogP contribution in [0.15, 0.2) is 23.2 Å². The fourth-order valence-electron chi connectivity index (χ4n) is 4.67. The number of alkyl halides is 3. The van der Waals surface area contributed by atoms with Gasteiger partial charge in [-0.05, 0) is 25.0 Å². The Bertz CT molecular complexity index is 1550. The number of hydrogen-bond donors (Lipinski definition) is 0. The number of esters is 1. The zero-order valence-corrected chi connectivity index (χ0v) is 22.1. The smallest absolute Gasteiger partial charge is 0.434 e. The third-order valence-electron chi connectivity index (χ3n) is 6.27. The van der Waals surface area contributed by atoms with Crippen LogP contribution in [-0.4, -0.2) is 52.5 Å². The molecule has 0 saturated carbocycles. The van der Waals surface area contributed by atoms with E-state index in [9.17, 15) is 31.2 Å². The van der Waals surface area contributed by atoms with Crippen molar-refractivity contribution in [1.82, 2.24) is 19.5 Å². The highest BCUT2D eigenvalue weighted by molar-refractivity contribution is 7.90. The van der Waals surface area contributed by atoms with E-state index in [-0.39, 0.29) is 42.0 Å². The summed E-state index contributed by atoms with van der Waals surface area (Å²) in [5.41, 5.74) is -0.668. The molecule has 1 aliphatic rings. The minimum absolute atomic E-state index is 0.00421. The Balaban J connectivity index is 1.86. The number of fused-ring (bicyclic) bond motifs is 3. The molecule has 38 heavy (non-hydrogen) atoms. The maximum absolute atomic E-state index is 13.7. The Hall–Kier alpha value is -3.55. The van der Waals surface area contributed by atoms with E-state index in [1.54, 1.807) is 11.0 Å².